The summed E-state index contributed by atoms with van der Waals surface area (Å²) in [6.07, 6.45) is -1.01. The van der Waals surface area contributed by atoms with Crippen LogP contribution >= 0.6 is 0 Å². The minimum atomic E-state index is -1.01. The van der Waals surface area contributed by atoms with E-state index < -0.39 is 18.0 Å². The summed E-state index contributed by atoms with van der Waals surface area (Å²) in [4.78, 5) is 12.3. The van der Waals surface area contributed by atoms with Gasteiger partial charge in [0.25, 0.3) is 0 Å². The van der Waals surface area contributed by atoms with Crippen molar-refractivity contribution in [2.45, 2.75) is 19.6 Å². The minimum absolute atomic E-state index is 0.0542. The normalized spacial score (nSPS) is 11.6. The standard InChI is InChI=1S/C23H23FN2O3/c1-16-10-11-20(22(12-16)29-15-17-6-3-2-4-7-17)26-23(28)25-14-21(27)18-8-5-9-19(24)13-18/h2-13,21,27H,14-15H2,1H3,(H2,25,26,28). The van der Waals surface area contributed by atoms with Gasteiger partial charge in [-0.05, 0) is 47.9 Å². The fourth-order valence-electron chi connectivity index (χ4n) is 2.78. The van der Waals surface area contributed by atoms with Crippen molar-refractivity contribution in [2.24, 2.45) is 0 Å². The van der Waals surface area contributed by atoms with Gasteiger partial charge in [0, 0.05) is 6.54 Å². The van der Waals surface area contributed by atoms with Crippen molar-refractivity contribution in [3.63, 3.8) is 0 Å². The van der Waals surface area contributed by atoms with E-state index in [1.54, 1.807) is 12.1 Å². The number of hydrogen-bond donors (Lipinski definition) is 3. The molecule has 1 atom stereocenters. The first-order valence-corrected chi connectivity index (χ1v) is 9.27. The quantitative estimate of drug-likeness (QED) is 0.550. The minimum Gasteiger partial charge on any atom is -0.487 e. The Bertz CT molecular complexity index is 963. The fourth-order valence-corrected chi connectivity index (χ4v) is 2.78. The zero-order chi connectivity index (χ0) is 20.6. The van der Waals surface area contributed by atoms with Crippen molar-refractivity contribution < 1.29 is 19.0 Å². The molecule has 5 nitrogen and oxygen atoms in total. The molecule has 0 spiro atoms. The molecule has 0 aromatic heterocycles. The van der Waals surface area contributed by atoms with Gasteiger partial charge in [-0.15, -0.1) is 0 Å². The summed E-state index contributed by atoms with van der Waals surface area (Å²) < 4.78 is 19.1. The summed E-state index contributed by atoms with van der Waals surface area (Å²) >= 11 is 0. The van der Waals surface area contributed by atoms with E-state index in [4.69, 9.17) is 4.74 Å². The van der Waals surface area contributed by atoms with Crippen molar-refractivity contribution in [3.8, 4) is 5.75 Å². The number of anilines is 1. The first-order valence-electron chi connectivity index (χ1n) is 9.27. The number of carbonyl (C=O) groups excluding carboxylic acids is 1. The molecule has 3 aromatic rings. The highest BCUT2D eigenvalue weighted by Crippen LogP contribution is 2.26. The van der Waals surface area contributed by atoms with E-state index in [1.807, 2.05) is 49.4 Å². The fraction of sp³-hybridized carbons (Fsp3) is 0.174. The molecule has 0 saturated heterocycles. The molecule has 2 amide bonds. The van der Waals surface area contributed by atoms with E-state index in [-0.39, 0.29) is 6.54 Å². The first kappa shape index (κ1) is 20.4. The molecule has 6 heteroatoms. The van der Waals surface area contributed by atoms with Crippen LogP contribution < -0.4 is 15.4 Å². The summed E-state index contributed by atoms with van der Waals surface area (Å²) in [5, 5.41) is 15.4. The molecule has 0 radical (unpaired) electrons. The lowest BCUT2D eigenvalue weighted by molar-refractivity contribution is 0.174. The molecule has 3 aromatic carbocycles. The molecule has 29 heavy (non-hydrogen) atoms. The van der Waals surface area contributed by atoms with Crippen LogP contribution in [0.5, 0.6) is 5.75 Å². The zero-order valence-electron chi connectivity index (χ0n) is 16.1. The molecule has 150 valence electrons. The van der Waals surface area contributed by atoms with Gasteiger partial charge in [-0.3, -0.25) is 0 Å². The number of amides is 2. The number of aliphatic hydroxyl groups is 1. The Morgan fingerprint density at radius 1 is 1.07 bits per heavy atom. The van der Waals surface area contributed by atoms with Crippen molar-refractivity contribution >= 4 is 11.7 Å². The number of rotatable bonds is 7. The van der Waals surface area contributed by atoms with Crippen molar-refractivity contribution in [1.29, 1.82) is 0 Å². The maximum absolute atomic E-state index is 13.3. The maximum Gasteiger partial charge on any atom is 0.319 e. The molecule has 0 bridgehead atoms. The Morgan fingerprint density at radius 3 is 2.62 bits per heavy atom. The average molecular weight is 394 g/mol. The van der Waals surface area contributed by atoms with Gasteiger partial charge in [-0.2, -0.15) is 0 Å². The monoisotopic (exact) mass is 394 g/mol. The number of ether oxygens (including phenoxy) is 1. The van der Waals surface area contributed by atoms with Gasteiger partial charge in [-0.1, -0.05) is 48.5 Å². The number of urea groups is 1. The molecular weight excluding hydrogens is 371 g/mol. The average Bonchev–Trinajstić information content (AvgIpc) is 2.73. The third kappa shape index (κ3) is 6.05. The van der Waals surface area contributed by atoms with Crippen LogP contribution in [0.1, 0.15) is 22.8 Å². The van der Waals surface area contributed by atoms with Gasteiger partial charge in [0.2, 0.25) is 0 Å². The highest BCUT2D eigenvalue weighted by atomic mass is 19.1. The lowest BCUT2D eigenvalue weighted by atomic mass is 10.1. The maximum atomic E-state index is 13.3. The Morgan fingerprint density at radius 2 is 1.86 bits per heavy atom. The Hall–Kier alpha value is -3.38. The van der Waals surface area contributed by atoms with Crippen LogP contribution in [-0.4, -0.2) is 17.7 Å². The molecule has 3 rings (SSSR count). The molecule has 3 N–H and O–H groups in total. The lowest BCUT2D eigenvalue weighted by Crippen LogP contribution is -2.32. The SMILES string of the molecule is Cc1ccc(NC(=O)NCC(O)c2cccc(F)c2)c(OCc2ccccc2)c1. The van der Waals surface area contributed by atoms with Gasteiger partial charge >= 0.3 is 6.03 Å². The number of nitrogens with one attached hydrogen (secondary N) is 2. The van der Waals surface area contributed by atoms with Crippen LogP contribution in [0.2, 0.25) is 0 Å². The van der Waals surface area contributed by atoms with Crippen LogP contribution in [-0.2, 0) is 6.61 Å². The molecule has 0 aliphatic carbocycles. The molecule has 0 aliphatic heterocycles. The summed E-state index contributed by atoms with van der Waals surface area (Å²) in [5.74, 6) is 0.112. The summed E-state index contributed by atoms with van der Waals surface area (Å²) in [6.45, 7) is 2.26. The predicted molar refractivity (Wildman–Crippen MR) is 110 cm³/mol. The highest BCUT2D eigenvalue weighted by Gasteiger charge is 2.12. The Balaban J connectivity index is 1.59. The molecule has 0 fully saturated rings. The van der Waals surface area contributed by atoms with Crippen molar-refractivity contribution in [1.82, 2.24) is 5.32 Å². The number of benzene rings is 3. The lowest BCUT2D eigenvalue weighted by Gasteiger charge is -2.16. The van der Waals surface area contributed by atoms with Crippen LogP contribution in [0.3, 0.4) is 0 Å². The largest absolute Gasteiger partial charge is 0.487 e. The van der Waals surface area contributed by atoms with Gasteiger partial charge in [0.15, 0.2) is 0 Å². The Kier molecular flexibility index (Phi) is 6.81. The van der Waals surface area contributed by atoms with E-state index >= 15 is 0 Å². The third-order valence-corrected chi connectivity index (χ3v) is 4.31. The summed E-state index contributed by atoms with van der Waals surface area (Å²) in [6, 6.07) is 20.4. The number of aryl methyl sites for hydroxylation is 1. The van der Waals surface area contributed by atoms with E-state index in [2.05, 4.69) is 10.6 Å². The van der Waals surface area contributed by atoms with Crippen LogP contribution in [0.4, 0.5) is 14.9 Å². The molecule has 1 unspecified atom stereocenters. The second-order valence-electron chi connectivity index (χ2n) is 6.68. The predicted octanol–water partition coefficient (Wildman–Crippen LogP) is 4.57. The number of carbonyl (C=O) groups is 1. The van der Waals surface area contributed by atoms with Gasteiger partial charge in [-0.25, -0.2) is 9.18 Å². The molecule has 0 saturated carbocycles. The topological polar surface area (TPSA) is 70.6 Å². The number of halogens is 1. The molecular formula is C23H23FN2O3. The third-order valence-electron chi connectivity index (χ3n) is 4.31. The van der Waals surface area contributed by atoms with Crippen molar-refractivity contribution in [2.75, 3.05) is 11.9 Å². The van der Waals surface area contributed by atoms with Gasteiger partial charge in [0.1, 0.15) is 18.2 Å². The second kappa shape index (κ2) is 9.71. The van der Waals surface area contributed by atoms with Crippen LogP contribution in [0.25, 0.3) is 0 Å². The second-order valence-corrected chi connectivity index (χ2v) is 6.68. The first-order chi connectivity index (χ1) is 14.0. The van der Waals surface area contributed by atoms with Crippen LogP contribution in [0.15, 0.2) is 72.8 Å². The smallest absolute Gasteiger partial charge is 0.319 e. The van der Waals surface area contributed by atoms with Gasteiger partial charge in [0.05, 0.1) is 11.8 Å². The molecule has 0 aliphatic rings. The molecule has 0 heterocycles. The Labute approximate surface area is 169 Å². The van der Waals surface area contributed by atoms with Crippen molar-refractivity contribution in [3.05, 3.63) is 95.3 Å². The highest BCUT2D eigenvalue weighted by molar-refractivity contribution is 5.91. The van der Waals surface area contributed by atoms with E-state index in [0.29, 0.717) is 23.6 Å². The number of aliphatic hydroxyl groups excluding tert-OH is 1. The van der Waals surface area contributed by atoms with Gasteiger partial charge < -0.3 is 20.5 Å². The van der Waals surface area contributed by atoms with E-state index in [0.717, 1.165) is 11.1 Å². The zero-order valence-corrected chi connectivity index (χ0v) is 16.1. The summed E-state index contributed by atoms with van der Waals surface area (Å²) in [5.41, 5.74) is 2.93. The van der Waals surface area contributed by atoms with Crippen LogP contribution in [0, 0.1) is 12.7 Å². The van der Waals surface area contributed by atoms with E-state index in [9.17, 15) is 14.3 Å². The number of hydrogen-bond acceptors (Lipinski definition) is 3. The summed E-state index contributed by atoms with van der Waals surface area (Å²) in [7, 11) is 0. The van der Waals surface area contributed by atoms with E-state index in [1.165, 1.54) is 18.2 Å².